The highest BCUT2D eigenvalue weighted by atomic mass is 35.6. The number of hydrogen-bond acceptors (Lipinski definition) is 18. The number of carbonyl (C=O) groups is 7. The number of nitrogens with one attached hydrogen (secondary N) is 1. The van der Waals surface area contributed by atoms with Crippen LogP contribution in [0.25, 0.3) is 0 Å². The summed E-state index contributed by atoms with van der Waals surface area (Å²) in [6.45, 7) is -8.64. The van der Waals surface area contributed by atoms with Gasteiger partial charge >= 0.3 is 36.3 Å². The van der Waals surface area contributed by atoms with E-state index in [2.05, 4.69) is 0 Å². The van der Waals surface area contributed by atoms with Gasteiger partial charge in [0.1, 0.15) is 48.8 Å². The van der Waals surface area contributed by atoms with E-state index in [4.69, 9.17) is 125 Å². The minimum absolute atomic E-state index is 0.149. The van der Waals surface area contributed by atoms with Crippen molar-refractivity contribution in [3.63, 3.8) is 0 Å². The first kappa shape index (κ1) is 46.9. The van der Waals surface area contributed by atoms with Crippen molar-refractivity contribution in [2.75, 3.05) is 19.8 Å². The Morgan fingerprint density at radius 3 is 1.95 bits per heavy atom. The number of alkyl carbamates (subject to hydrolysis) is 1. The number of Topliss-reactive ketones (excluding diaryl/α,β-unsaturated/α-hetero) is 1. The Hall–Kier alpha value is -4.31. The first-order valence-electron chi connectivity index (χ1n) is 26.7. The van der Waals surface area contributed by atoms with Crippen LogP contribution in [0.1, 0.15) is 102 Å². The number of hydrogen-bond donors (Lipinski definition) is 3. The third kappa shape index (κ3) is 12.4. The summed E-state index contributed by atoms with van der Waals surface area (Å²) in [5.74, 6) is -7.16. The van der Waals surface area contributed by atoms with Gasteiger partial charge in [-0.3, -0.25) is 9.59 Å². The van der Waals surface area contributed by atoms with Gasteiger partial charge in [-0.05, 0) is 63.2 Å². The number of ether oxygens (including phenoxy) is 9. The van der Waals surface area contributed by atoms with E-state index in [0.29, 0.717) is 0 Å². The Labute approximate surface area is 468 Å². The van der Waals surface area contributed by atoms with Crippen molar-refractivity contribution >= 4 is 112 Å². The molecule has 406 valence electrons. The number of carbonyl (C=O) groups excluding carboxylic acids is 7. The maximum absolute atomic E-state index is 16.4. The van der Waals surface area contributed by atoms with Crippen molar-refractivity contribution in [1.82, 2.24) is 5.32 Å². The molecular formula is C49H55Cl6NO18. The molecule has 4 aliphatic rings. The summed E-state index contributed by atoms with van der Waals surface area (Å²) < 4.78 is 118. The monoisotopic (exact) mass is 1160 g/mol. The van der Waals surface area contributed by atoms with Gasteiger partial charge in [-0.15, -0.1) is 0 Å². The molecule has 0 aromatic heterocycles. The van der Waals surface area contributed by atoms with Gasteiger partial charge in [0.25, 0.3) is 0 Å². The van der Waals surface area contributed by atoms with Gasteiger partial charge in [0.15, 0.2) is 23.6 Å². The van der Waals surface area contributed by atoms with Crippen molar-refractivity contribution < 1.29 is 98.7 Å². The van der Waals surface area contributed by atoms with Crippen molar-refractivity contribution in [2.45, 2.75) is 135 Å². The summed E-state index contributed by atoms with van der Waals surface area (Å²) in [4.78, 5) is 101. The molecule has 11 atom stereocenters. The summed E-state index contributed by atoms with van der Waals surface area (Å²) in [6.07, 6.45) is -19.3. The first-order chi connectivity index (χ1) is 37.9. The summed E-state index contributed by atoms with van der Waals surface area (Å²) in [6, 6.07) is 11.6. The van der Waals surface area contributed by atoms with Crippen LogP contribution in [-0.2, 0) is 57.0 Å². The quantitative estimate of drug-likeness (QED) is 0.0781. The number of aliphatic hydroxyl groups excluding tert-OH is 1. The maximum Gasteiger partial charge on any atom is 0.509 e. The Kier molecular flexibility index (Phi) is 13.9. The van der Waals surface area contributed by atoms with Gasteiger partial charge in [0, 0.05) is 37.5 Å². The molecule has 19 nitrogen and oxygen atoms in total. The lowest BCUT2D eigenvalue weighted by Crippen LogP contribution is -2.82. The zero-order chi connectivity index (χ0) is 62.6. The summed E-state index contributed by atoms with van der Waals surface area (Å²) in [5.41, 5.74) is -14.8. The second-order valence-corrected chi connectivity index (χ2v) is 23.7. The van der Waals surface area contributed by atoms with Crippen LogP contribution in [0.3, 0.4) is 0 Å². The van der Waals surface area contributed by atoms with Crippen molar-refractivity contribution in [3.05, 3.63) is 82.9 Å². The highest BCUT2D eigenvalue weighted by molar-refractivity contribution is 6.68. The van der Waals surface area contributed by atoms with Crippen LogP contribution in [-0.4, -0.2) is 133 Å². The third-order valence-corrected chi connectivity index (χ3v) is 14.2. The molecular weight excluding hydrogens is 1100 g/mol. The molecule has 25 heteroatoms. The lowest BCUT2D eigenvalue weighted by atomic mass is 9.44. The lowest BCUT2D eigenvalue weighted by Gasteiger charge is -2.67. The van der Waals surface area contributed by atoms with E-state index in [1.54, 1.807) is 6.07 Å². The predicted molar refractivity (Wildman–Crippen MR) is 265 cm³/mol. The largest absolute Gasteiger partial charge is 0.509 e. The van der Waals surface area contributed by atoms with Crippen LogP contribution in [0.5, 0.6) is 0 Å². The van der Waals surface area contributed by atoms with Crippen LogP contribution < -0.4 is 5.32 Å². The molecule has 0 unspecified atom stereocenters. The second-order valence-electron chi connectivity index (χ2n) is 18.6. The molecule has 3 aliphatic carbocycles. The fourth-order valence-electron chi connectivity index (χ4n) is 10.2. The van der Waals surface area contributed by atoms with Crippen molar-refractivity contribution in [1.29, 1.82) is 0 Å². The Balaban J connectivity index is 1.59. The average molecular weight is 1170 g/mol. The van der Waals surface area contributed by atoms with Gasteiger partial charge in [-0.25, -0.2) is 24.0 Å². The number of halogens is 6. The number of rotatable bonds is 12. The number of alkyl halides is 6. The Bertz CT molecular complexity index is 2820. The number of aliphatic hydroxyl groups is 2. The molecule has 74 heavy (non-hydrogen) atoms. The molecule has 3 fully saturated rings. The molecule has 1 amide bonds. The number of esters is 3. The van der Waals surface area contributed by atoms with E-state index in [1.807, 2.05) is 5.32 Å². The van der Waals surface area contributed by atoms with Crippen LogP contribution in [0.4, 0.5) is 14.4 Å². The summed E-state index contributed by atoms with van der Waals surface area (Å²) in [5, 5.41) is 28.1. The molecule has 1 aliphatic heterocycles. The Morgan fingerprint density at radius 1 is 0.851 bits per heavy atom. The van der Waals surface area contributed by atoms with Gasteiger partial charge in [-0.1, -0.05) is 132 Å². The highest BCUT2D eigenvalue weighted by Crippen LogP contribution is 2.65. The molecule has 3 N–H and O–H groups in total. The molecule has 2 aromatic carbocycles. The maximum atomic E-state index is 16.4. The van der Waals surface area contributed by atoms with Crippen LogP contribution in [0.15, 0.2) is 71.8 Å². The van der Waals surface area contributed by atoms with Gasteiger partial charge in [0.05, 0.1) is 29.5 Å². The Morgan fingerprint density at radius 2 is 1.42 bits per heavy atom. The minimum Gasteiger partial charge on any atom is -0.456 e. The number of benzene rings is 2. The molecule has 2 bridgehead atoms. The van der Waals surface area contributed by atoms with E-state index >= 15 is 4.79 Å². The molecule has 2 aromatic rings. The van der Waals surface area contributed by atoms with E-state index in [-0.39, 0.29) is 16.7 Å². The molecule has 6 rings (SSSR count). The lowest BCUT2D eigenvalue weighted by molar-refractivity contribution is -0.346. The number of amides is 1. The molecule has 1 heterocycles. The van der Waals surface area contributed by atoms with E-state index in [9.17, 15) is 39.0 Å². The van der Waals surface area contributed by atoms with Crippen LogP contribution in [0.2, 0.25) is 0 Å². The van der Waals surface area contributed by atoms with Crippen LogP contribution >= 0.6 is 69.6 Å². The zero-order valence-corrected chi connectivity index (χ0v) is 44.2. The van der Waals surface area contributed by atoms with E-state index < -0.39 is 185 Å². The third-order valence-electron chi connectivity index (χ3n) is 13.5. The number of ketones is 1. The normalized spacial score (nSPS) is 31.5. The molecule has 0 radical (unpaired) electrons. The highest BCUT2D eigenvalue weighted by Gasteiger charge is 2.79. The van der Waals surface area contributed by atoms with Crippen molar-refractivity contribution in [2.24, 2.45) is 16.7 Å². The zero-order valence-electron chi connectivity index (χ0n) is 48.6. The molecule has 0 spiro atoms. The van der Waals surface area contributed by atoms with Gasteiger partial charge < -0.3 is 58.2 Å². The number of fused-ring (bicyclic) bond motifs is 5. The predicted octanol–water partition coefficient (Wildman–Crippen LogP) is 8.32. The van der Waals surface area contributed by atoms with Gasteiger partial charge in [0.2, 0.25) is 7.59 Å². The van der Waals surface area contributed by atoms with Crippen LogP contribution in [0, 0.1) is 16.7 Å². The van der Waals surface area contributed by atoms with E-state index in [1.165, 1.54) is 82.3 Å². The minimum atomic E-state index is -4.19. The summed E-state index contributed by atoms with van der Waals surface area (Å²) in [7, 11) is 0. The van der Waals surface area contributed by atoms with Crippen molar-refractivity contribution in [3.8, 4) is 0 Å². The van der Waals surface area contributed by atoms with Gasteiger partial charge in [-0.2, -0.15) is 0 Å². The SMILES string of the molecule is [2H]C([2H])([2H])C(OC(=O)N[C@@H](c1ccccc1)[C@@H](O)C(=O)O[C@H]1C[C@@]2(O)[C@@H](OC(=O)c3ccccc3)[C@@H]3[C@]4(OC(C)=O)CO[C@@H]4C[C@H](OC(=O)OCC(Cl)(Cl)Cl)[C@@]3(C)C(=O)[C@H](OC(=O)OCC(Cl)(Cl)Cl)C(=C1C)C2(C)C)(C([2H])([2H])[2H])C([2H])([2H])[2H]. The standard InChI is InChI=1S/C49H55Cl6NO18/c1-24-28(69-39(61)33(58)32(26-15-11-9-12-16-26)56-40(62)74-43(3,4)5)20-47(65)37(72-38(60)27-17-13-10-14-18-27)35-45(8,36(59)34(31(24)44(47,6)7)71-42(64)68-23-49(53,54)55)29(70-41(63)67-22-48(50,51)52)19-30-46(35,21-66-30)73-25(2)57/h9-18,28-30,32-35,37,58,65H,19-23H2,1-8H3,(H,56,62)/t28-,29-,30+,32-,33+,34+,35-,37-,45+,46-,47+/m0/s1/i3D3,4D3,5D3. The summed E-state index contributed by atoms with van der Waals surface area (Å²) >= 11 is 35.3. The molecule has 2 saturated carbocycles. The fourth-order valence-corrected chi connectivity index (χ4v) is 10.5. The smallest absolute Gasteiger partial charge is 0.456 e. The second kappa shape index (κ2) is 22.0. The van der Waals surface area contributed by atoms with E-state index in [0.717, 1.165) is 6.92 Å². The average Bonchev–Trinajstić information content (AvgIpc) is 1.38. The molecule has 1 saturated heterocycles. The topological polar surface area (TPSA) is 255 Å². The first-order valence-corrected chi connectivity index (χ1v) is 24.5. The fraction of sp³-hybridized carbons (Fsp3) is 0.571.